The van der Waals surface area contributed by atoms with Gasteiger partial charge in [0.05, 0.1) is 6.54 Å². The Balaban J connectivity index is 1.93. The Morgan fingerprint density at radius 1 is 1.17 bits per heavy atom. The topological polar surface area (TPSA) is 41.5 Å². The SMILES string of the molecule is C#CCNCC(O)COc1ccc(-c2ccc(Cl)cc2Cl)cc1. The van der Waals surface area contributed by atoms with Gasteiger partial charge in [-0.3, -0.25) is 0 Å². The van der Waals surface area contributed by atoms with Gasteiger partial charge in [0.1, 0.15) is 18.5 Å². The van der Waals surface area contributed by atoms with Gasteiger partial charge in [0, 0.05) is 22.2 Å². The van der Waals surface area contributed by atoms with Crippen molar-refractivity contribution in [3.05, 3.63) is 52.5 Å². The predicted octanol–water partition coefficient (Wildman–Crippen LogP) is 3.62. The smallest absolute Gasteiger partial charge is 0.119 e. The van der Waals surface area contributed by atoms with Gasteiger partial charge in [0.15, 0.2) is 0 Å². The highest BCUT2D eigenvalue weighted by molar-refractivity contribution is 6.36. The zero-order valence-electron chi connectivity index (χ0n) is 12.4. The summed E-state index contributed by atoms with van der Waals surface area (Å²) in [6.45, 7) is 1.01. The Kier molecular flexibility index (Phi) is 6.76. The van der Waals surface area contributed by atoms with Crippen LogP contribution in [0, 0.1) is 12.3 Å². The number of nitrogens with one attached hydrogen (secondary N) is 1. The van der Waals surface area contributed by atoms with Crippen LogP contribution in [0.5, 0.6) is 5.75 Å². The molecule has 3 nitrogen and oxygen atoms in total. The monoisotopic (exact) mass is 349 g/mol. The molecule has 0 aliphatic heterocycles. The average molecular weight is 350 g/mol. The van der Waals surface area contributed by atoms with E-state index in [-0.39, 0.29) is 6.61 Å². The number of ether oxygens (including phenoxy) is 1. The van der Waals surface area contributed by atoms with Crippen LogP contribution in [0.1, 0.15) is 0 Å². The van der Waals surface area contributed by atoms with Crippen LogP contribution in [0.2, 0.25) is 10.0 Å². The number of aliphatic hydroxyl groups excluding tert-OH is 1. The second-order valence-corrected chi connectivity index (χ2v) is 5.79. The van der Waals surface area contributed by atoms with Crippen LogP contribution in [0.3, 0.4) is 0 Å². The summed E-state index contributed by atoms with van der Waals surface area (Å²) in [5, 5.41) is 13.9. The zero-order valence-corrected chi connectivity index (χ0v) is 13.9. The third kappa shape index (κ3) is 5.46. The summed E-state index contributed by atoms with van der Waals surface area (Å²) in [5.74, 6) is 3.12. The molecule has 2 aromatic carbocycles. The van der Waals surface area contributed by atoms with Gasteiger partial charge in [0.2, 0.25) is 0 Å². The number of benzene rings is 2. The van der Waals surface area contributed by atoms with Gasteiger partial charge < -0.3 is 15.2 Å². The van der Waals surface area contributed by atoms with Crippen molar-refractivity contribution in [2.75, 3.05) is 19.7 Å². The van der Waals surface area contributed by atoms with Crippen LogP contribution in [0.25, 0.3) is 11.1 Å². The average Bonchev–Trinajstić information content (AvgIpc) is 2.54. The fourth-order valence-corrected chi connectivity index (χ4v) is 2.53. The van der Waals surface area contributed by atoms with E-state index in [9.17, 15) is 5.11 Å². The molecular formula is C18H17Cl2NO2. The number of aliphatic hydroxyl groups is 1. The van der Waals surface area contributed by atoms with Crippen molar-refractivity contribution in [2.45, 2.75) is 6.10 Å². The van der Waals surface area contributed by atoms with Crippen molar-refractivity contribution in [2.24, 2.45) is 0 Å². The van der Waals surface area contributed by atoms with E-state index in [1.165, 1.54) is 0 Å². The summed E-state index contributed by atoms with van der Waals surface area (Å²) in [5.41, 5.74) is 1.87. The third-order valence-corrected chi connectivity index (χ3v) is 3.69. The molecule has 1 atom stereocenters. The molecule has 0 aromatic heterocycles. The summed E-state index contributed by atoms with van der Waals surface area (Å²) in [4.78, 5) is 0. The molecule has 5 heteroatoms. The molecule has 0 bridgehead atoms. The number of rotatable bonds is 7. The molecule has 0 heterocycles. The maximum atomic E-state index is 9.75. The van der Waals surface area contributed by atoms with E-state index in [2.05, 4.69) is 11.2 Å². The second-order valence-electron chi connectivity index (χ2n) is 4.95. The van der Waals surface area contributed by atoms with Crippen molar-refractivity contribution in [3.8, 4) is 29.2 Å². The van der Waals surface area contributed by atoms with Crippen molar-refractivity contribution in [1.29, 1.82) is 0 Å². The summed E-state index contributed by atoms with van der Waals surface area (Å²) in [6, 6.07) is 12.9. The fourth-order valence-electron chi connectivity index (χ4n) is 2.02. The van der Waals surface area contributed by atoms with Gasteiger partial charge in [-0.15, -0.1) is 6.42 Å². The summed E-state index contributed by atoms with van der Waals surface area (Å²) in [6.07, 6.45) is 4.50. The molecule has 120 valence electrons. The third-order valence-electron chi connectivity index (χ3n) is 3.15. The van der Waals surface area contributed by atoms with Crippen molar-refractivity contribution >= 4 is 23.2 Å². The van der Waals surface area contributed by atoms with E-state index < -0.39 is 6.10 Å². The molecule has 0 saturated carbocycles. The lowest BCUT2D eigenvalue weighted by molar-refractivity contribution is 0.107. The maximum Gasteiger partial charge on any atom is 0.119 e. The van der Waals surface area contributed by atoms with E-state index in [4.69, 9.17) is 34.4 Å². The first-order valence-electron chi connectivity index (χ1n) is 7.10. The molecule has 0 radical (unpaired) electrons. The highest BCUT2D eigenvalue weighted by atomic mass is 35.5. The lowest BCUT2D eigenvalue weighted by Gasteiger charge is -2.13. The van der Waals surface area contributed by atoms with Crippen LogP contribution >= 0.6 is 23.2 Å². The highest BCUT2D eigenvalue weighted by Gasteiger charge is 2.07. The Bertz CT molecular complexity index is 680. The van der Waals surface area contributed by atoms with E-state index in [1.807, 2.05) is 30.3 Å². The fraction of sp³-hybridized carbons (Fsp3) is 0.222. The summed E-state index contributed by atoms with van der Waals surface area (Å²) >= 11 is 12.1. The van der Waals surface area contributed by atoms with Crippen molar-refractivity contribution < 1.29 is 9.84 Å². The zero-order chi connectivity index (χ0) is 16.7. The molecule has 1 unspecified atom stereocenters. The van der Waals surface area contributed by atoms with Crippen LogP contribution < -0.4 is 10.1 Å². The van der Waals surface area contributed by atoms with Crippen LogP contribution in [0.15, 0.2) is 42.5 Å². The molecule has 0 fully saturated rings. The quantitative estimate of drug-likeness (QED) is 0.592. The maximum absolute atomic E-state index is 9.75. The molecule has 0 spiro atoms. The molecule has 2 rings (SSSR count). The predicted molar refractivity (Wildman–Crippen MR) is 95.1 cm³/mol. The first-order chi connectivity index (χ1) is 11.1. The first-order valence-corrected chi connectivity index (χ1v) is 7.86. The first kappa shape index (κ1) is 17.7. The summed E-state index contributed by atoms with van der Waals surface area (Å²) < 4.78 is 5.54. The van der Waals surface area contributed by atoms with Gasteiger partial charge in [-0.1, -0.05) is 47.3 Å². The van der Waals surface area contributed by atoms with Crippen molar-refractivity contribution in [1.82, 2.24) is 5.32 Å². The Labute approximate surface area is 146 Å². The lowest BCUT2D eigenvalue weighted by atomic mass is 10.1. The van der Waals surface area contributed by atoms with Crippen molar-refractivity contribution in [3.63, 3.8) is 0 Å². The standard InChI is InChI=1S/C18H17Cl2NO2/c1-2-9-21-11-15(22)12-23-16-6-3-13(4-7-16)17-8-5-14(19)10-18(17)20/h1,3-8,10,15,21-22H,9,11-12H2. The number of terminal acetylenes is 1. The normalized spacial score (nSPS) is 11.7. The van der Waals surface area contributed by atoms with Gasteiger partial charge in [-0.05, 0) is 29.8 Å². The number of hydrogen-bond donors (Lipinski definition) is 2. The van der Waals surface area contributed by atoms with Crippen LogP contribution in [-0.2, 0) is 0 Å². The Morgan fingerprint density at radius 2 is 1.91 bits per heavy atom. The molecular weight excluding hydrogens is 333 g/mol. The molecule has 2 aromatic rings. The van der Waals surface area contributed by atoms with Gasteiger partial charge >= 0.3 is 0 Å². The number of halogens is 2. The van der Waals surface area contributed by atoms with Gasteiger partial charge in [-0.25, -0.2) is 0 Å². The Morgan fingerprint density at radius 3 is 2.57 bits per heavy atom. The van der Waals surface area contributed by atoms with Crippen LogP contribution in [0.4, 0.5) is 0 Å². The Hall–Kier alpha value is -1.70. The largest absolute Gasteiger partial charge is 0.491 e. The minimum Gasteiger partial charge on any atom is -0.491 e. The van der Waals surface area contributed by atoms with Gasteiger partial charge in [0.25, 0.3) is 0 Å². The second kappa shape index (κ2) is 8.81. The van der Waals surface area contributed by atoms with Crippen LogP contribution in [-0.4, -0.2) is 30.9 Å². The van der Waals surface area contributed by atoms with E-state index >= 15 is 0 Å². The van der Waals surface area contributed by atoms with Gasteiger partial charge in [-0.2, -0.15) is 0 Å². The summed E-state index contributed by atoms with van der Waals surface area (Å²) in [7, 11) is 0. The highest BCUT2D eigenvalue weighted by Crippen LogP contribution is 2.31. The minimum absolute atomic E-state index is 0.193. The van der Waals surface area contributed by atoms with E-state index in [1.54, 1.807) is 12.1 Å². The van der Waals surface area contributed by atoms with E-state index in [0.717, 1.165) is 11.1 Å². The molecule has 0 amide bonds. The molecule has 0 saturated heterocycles. The molecule has 23 heavy (non-hydrogen) atoms. The minimum atomic E-state index is -0.617. The molecule has 2 N–H and O–H groups in total. The lowest BCUT2D eigenvalue weighted by Crippen LogP contribution is -2.31. The molecule has 0 aliphatic rings. The van der Waals surface area contributed by atoms with E-state index in [0.29, 0.717) is 28.9 Å². The number of hydrogen-bond acceptors (Lipinski definition) is 3. The molecule has 0 aliphatic carbocycles.